The highest BCUT2D eigenvalue weighted by Crippen LogP contribution is 2.37. The van der Waals surface area contributed by atoms with Crippen molar-refractivity contribution in [2.45, 2.75) is 0 Å². The highest BCUT2D eigenvalue weighted by molar-refractivity contribution is 7.12. The molecular formula is C19H13N3O3S. The van der Waals surface area contributed by atoms with E-state index in [0.717, 1.165) is 16.5 Å². The summed E-state index contributed by atoms with van der Waals surface area (Å²) in [6.45, 7) is 0. The Bertz CT molecular complexity index is 1100. The van der Waals surface area contributed by atoms with Gasteiger partial charge in [-0.3, -0.25) is 14.9 Å². The van der Waals surface area contributed by atoms with Gasteiger partial charge in [0, 0.05) is 23.1 Å². The summed E-state index contributed by atoms with van der Waals surface area (Å²) in [5.41, 5.74) is 2.31. The predicted molar refractivity (Wildman–Crippen MR) is 103 cm³/mol. The Balaban J connectivity index is 1.87. The Morgan fingerprint density at radius 1 is 1.08 bits per heavy atom. The van der Waals surface area contributed by atoms with Crippen molar-refractivity contribution in [3.8, 4) is 11.1 Å². The van der Waals surface area contributed by atoms with Crippen LogP contribution in [0.25, 0.3) is 22.0 Å². The van der Waals surface area contributed by atoms with Gasteiger partial charge in [-0.2, -0.15) is 0 Å². The molecule has 0 aliphatic rings. The number of carbonyl (C=O) groups is 1. The lowest BCUT2D eigenvalue weighted by atomic mass is 10.0. The molecule has 1 amide bonds. The number of nitro benzene ring substituents is 1. The standard InChI is InChI=1S/C19H13N3O3S/c23-19(16-7-4-10-26-16)21-18-17(12-5-2-1-3-6-12)14-9-8-13(22(24)25)11-15(14)20-18/h1-11,20H,(H,21,23). The molecule has 4 aromatic rings. The van der Waals surface area contributed by atoms with Gasteiger partial charge in [0.2, 0.25) is 0 Å². The number of fused-ring (bicyclic) bond motifs is 1. The van der Waals surface area contributed by atoms with Gasteiger partial charge in [0.05, 0.1) is 15.3 Å². The van der Waals surface area contributed by atoms with Crippen molar-refractivity contribution in [2.24, 2.45) is 0 Å². The second-order valence-electron chi connectivity index (χ2n) is 5.66. The molecule has 0 radical (unpaired) electrons. The van der Waals surface area contributed by atoms with Gasteiger partial charge < -0.3 is 10.3 Å². The lowest BCUT2D eigenvalue weighted by Gasteiger charge is -2.06. The van der Waals surface area contributed by atoms with Crippen LogP contribution < -0.4 is 5.32 Å². The van der Waals surface area contributed by atoms with Crippen molar-refractivity contribution in [1.29, 1.82) is 0 Å². The zero-order valence-corrected chi connectivity index (χ0v) is 14.2. The maximum atomic E-state index is 12.5. The molecule has 0 saturated heterocycles. The number of aromatic nitrogens is 1. The number of hydrogen-bond acceptors (Lipinski definition) is 4. The lowest BCUT2D eigenvalue weighted by molar-refractivity contribution is -0.384. The van der Waals surface area contributed by atoms with Crippen molar-refractivity contribution in [3.05, 3.63) is 81.0 Å². The van der Waals surface area contributed by atoms with Crippen molar-refractivity contribution in [3.63, 3.8) is 0 Å². The first kappa shape index (κ1) is 16.0. The average molecular weight is 363 g/mol. The van der Waals surface area contributed by atoms with E-state index >= 15 is 0 Å². The number of nitrogens with zero attached hydrogens (tertiary/aromatic N) is 1. The fourth-order valence-electron chi connectivity index (χ4n) is 2.88. The van der Waals surface area contributed by atoms with Crippen LogP contribution in [-0.2, 0) is 0 Å². The topological polar surface area (TPSA) is 88.0 Å². The van der Waals surface area contributed by atoms with E-state index < -0.39 is 4.92 Å². The van der Waals surface area contributed by atoms with E-state index in [1.807, 2.05) is 41.8 Å². The summed E-state index contributed by atoms with van der Waals surface area (Å²) in [4.78, 5) is 26.8. The summed E-state index contributed by atoms with van der Waals surface area (Å²) >= 11 is 1.35. The fourth-order valence-corrected chi connectivity index (χ4v) is 3.50. The first-order valence-electron chi connectivity index (χ1n) is 7.84. The van der Waals surface area contributed by atoms with Crippen LogP contribution in [0.2, 0.25) is 0 Å². The van der Waals surface area contributed by atoms with E-state index in [-0.39, 0.29) is 11.6 Å². The molecule has 6 nitrogen and oxygen atoms in total. The van der Waals surface area contributed by atoms with Gasteiger partial charge in [0.1, 0.15) is 5.82 Å². The van der Waals surface area contributed by atoms with Crippen molar-refractivity contribution in [1.82, 2.24) is 4.98 Å². The van der Waals surface area contributed by atoms with Gasteiger partial charge in [-0.15, -0.1) is 11.3 Å². The number of thiophene rings is 1. The molecular weight excluding hydrogens is 350 g/mol. The van der Waals surface area contributed by atoms with Gasteiger partial charge in [0.25, 0.3) is 11.6 Å². The molecule has 0 aliphatic heterocycles. The van der Waals surface area contributed by atoms with Crippen LogP contribution in [-0.4, -0.2) is 15.8 Å². The lowest BCUT2D eigenvalue weighted by Crippen LogP contribution is -2.11. The first-order chi connectivity index (χ1) is 12.6. The van der Waals surface area contributed by atoms with Crippen LogP contribution >= 0.6 is 11.3 Å². The number of aromatic amines is 1. The third kappa shape index (κ3) is 2.84. The van der Waals surface area contributed by atoms with E-state index in [1.54, 1.807) is 12.1 Å². The molecule has 0 fully saturated rings. The number of carbonyl (C=O) groups excluding carboxylic acids is 1. The number of anilines is 1. The summed E-state index contributed by atoms with van der Waals surface area (Å²) in [5.74, 6) is 0.295. The molecule has 2 aromatic carbocycles. The largest absolute Gasteiger partial charge is 0.340 e. The van der Waals surface area contributed by atoms with Gasteiger partial charge in [-0.25, -0.2) is 0 Å². The number of nitrogens with one attached hydrogen (secondary N) is 2. The molecule has 0 bridgehead atoms. The quantitative estimate of drug-likeness (QED) is 0.392. The number of amides is 1. The summed E-state index contributed by atoms with van der Waals surface area (Å²) in [6, 6.07) is 17.8. The zero-order chi connectivity index (χ0) is 18.1. The summed E-state index contributed by atoms with van der Waals surface area (Å²) in [6.07, 6.45) is 0. The molecule has 7 heteroatoms. The maximum Gasteiger partial charge on any atom is 0.271 e. The van der Waals surface area contributed by atoms with Crippen LogP contribution in [0.1, 0.15) is 9.67 Å². The van der Waals surface area contributed by atoms with E-state index in [4.69, 9.17) is 0 Å². The number of non-ortho nitro benzene ring substituents is 1. The molecule has 128 valence electrons. The molecule has 0 aliphatic carbocycles. The van der Waals surface area contributed by atoms with E-state index in [1.165, 1.54) is 23.5 Å². The fraction of sp³-hybridized carbons (Fsp3) is 0. The monoisotopic (exact) mass is 363 g/mol. The summed E-state index contributed by atoms with van der Waals surface area (Å²) in [7, 11) is 0. The number of rotatable bonds is 4. The Hall–Kier alpha value is -3.45. The van der Waals surface area contributed by atoms with E-state index in [0.29, 0.717) is 16.2 Å². The predicted octanol–water partition coefficient (Wildman–Crippen LogP) is 5.06. The Labute approximate surface area is 152 Å². The van der Waals surface area contributed by atoms with E-state index in [2.05, 4.69) is 10.3 Å². The second-order valence-corrected chi connectivity index (χ2v) is 6.61. The summed E-state index contributed by atoms with van der Waals surface area (Å²) < 4.78 is 0. The first-order valence-corrected chi connectivity index (χ1v) is 8.72. The molecule has 0 saturated carbocycles. The van der Waals surface area contributed by atoms with Crippen molar-refractivity contribution >= 4 is 39.7 Å². The molecule has 0 atom stereocenters. The third-order valence-electron chi connectivity index (χ3n) is 4.04. The average Bonchev–Trinajstić information content (AvgIpc) is 3.29. The van der Waals surface area contributed by atoms with Crippen LogP contribution in [0, 0.1) is 10.1 Å². The zero-order valence-electron chi connectivity index (χ0n) is 13.4. The minimum absolute atomic E-state index is 0.00510. The number of benzene rings is 2. The smallest absolute Gasteiger partial charge is 0.271 e. The third-order valence-corrected chi connectivity index (χ3v) is 4.91. The van der Waals surface area contributed by atoms with Crippen LogP contribution in [0.5, 0.6) is 0 Å². The second kappa shape index (κ2) is 6.45. The SMILES string of the molecule is O=C(Nc1[nH]c2cc([N+](=O)[O-])ccc2c1-c1ccccc1)c1cccs1. The van der Waals surface area contributed by atoms with Crippen LogP contribution in [0.3, 0.4) is 0 Å². The van der Waals surface area contributed by atoms with Gasteiger partial charge in [-0.05, 0) is 23.1 Å². The molecule has 2 aromatic heterocycles. The van der Waals surface area contributed by atoms with Gasteiger partial charge >= 0.3 is 0 Å². The van der Waals surface area contributed by atoms with Gasteiger partial charge in [-0.1, -0.05) is 36.4 Å². The Morgan fingerprint density at radius 2 is 1.88 bits per heavy atom. The number of hydrogen-bond donors (Lipinski definition) is 2. The van der Waals surface area contributed by atoms with Crippen molar-refractivity contribution in [2.75, 3.05) is 5.32 Å². The normalized spacial score (nSPS) is 10.8. The number of nitro groups is 1. The molecule has 2 N–H and O–H groups in total. The molecule has 0 unspecified atom stereocenters. The van der Waals surface area contributed by atoms with Gasteiger partial charge in [0.15, 0.2) is 0 Å². The maximum absolute atomic E-state index is 12.5. The highest BCUT2D eigenvalue weighted by Gasteiger charge is 2.18. The van der Waals surface area contributed by atoms with Crippen LogP contribution in [0.4, 0.5) is 11.5 Å². The van der Waals surface area contributed by atoms with Crippen LogP contribution in [0.15, 0.2) is 66.0 Å². The van der Waals surface area contributed by atoms with E-state index in [9.17, 15) is 14.9 Å². The number of H-pyrrole nitrogens is 1. The summed E-state index contributed by atoms with van der Waals surface area (Å²) in [5, 5.41) is 16.6. The highest BCUT2D eigenvalue weighted by atomic mass is 32.1. The molecule has 26 heavy (non-hydrogen) atoms. The molecule has 4 rings (SSSR count). The minimum Gasteiger partial charge on any atom is -0.340 e. The Morgan fingerprint density at radius 3 is 2.58 bits per heavy atom. The minimum atomic E-state index is -0.438. The Kier molecular flexibility index (Phi) is 3.98. The van der Waals surface area contributed by atoms with Crippen molar-refractivity contribution < 1.29 is 9.72 Å². The molecule has 0 spiro atoms. The molecule has 2 heterocycles.